The fraction of sp³-hybridized carbons (Fsp3) is 0.250. The quantitative estimate of drug-likeness (QED) is 0.254. The van der Waals surface area contributed by atoms with Gasteiger partial charge in [0.1, 0.15) is 11.6 Å². The van der Waals surface area contributed by atoms with E-state index in [0.717, 1.165) is 11.1 Å². The number of fused-ring (bicyclic) bond motifs is 3. The maximum atomic E-state index is 14.7. The molecule has 5 rings (SSSR count). The molecule has 3 aromatic rings. The summed E-state index contributed by atoms with van der Waals surface area (Å²) in [6.07, 6.45) is 0.681. The first-order valence-electron chi connectivity index (χ1n) is 10.3. The van der Waals surface area contributed by atoms with Crippen LogP contribution in [0.3, 0.4) is 0 Å². The van der Waals surface area contributed by atoms with Gasteiger partial charge in [-0.1, -0.05) is 36.4 Å². The molecule has 3 aromatic carbocycles. The summed E-state index contributed by atoms with van der Waals surface area (Å²) < 4.78 is 28.3. The third-order valence-electron chi connectivity index (χ3n) is 6.37. The highest BCUT2D eigenvalue weighted by Gasteiger charge is 2.50. The van der Waals surface area contributed by atoms with E-state index in [1.807, 2.05) is 6.07 Å². The Labute approximate surface area is 193 Å². The van der Waals surface area contributed by atoms with Crippen LogP contribution in [0, 0.1) is 27.7 Å². The highest BCUT2D eigenvalue weighted by atomic mass is 35.5. The molecule has 0 unspecified atom stereocenters. The van der Waals surface area contributed by atoms with Gasteiger partial charge in [-0.2, -0.15) is 0 Å². The monoisotopic (exact) mass is 472 g/mol. The van der Waals surface area contributed by atoms with E-state index in [9.17, 15) is 18.9 Å². The molecule has 1 saturated carbocycles. The third-order valence-corrected chi connectivity index (χ3v) is 8.48. The molecular weight excluding hydrogens is 454 g/mol. The van der Waals surface area contributed by atoms with Gasteiger partial charge >= 0.3 is 0 Å². The molecule has 0 bridgehead atoms. The number of benzene rings is 3. The lowest BCUT2D eigenvalue weighted by molar-refractivity contribution is -0.387. The first kappa shape index (κ1) is 21.2. The molecule has 1 N–H and O–H groups in total. The van der Waals surface area contributed by atoms with Crippen LogP contribution in [0.1, 0.15) is 29.5 Å². The number of nitrogens with one attached hydrogen (secondary N) is 1. The maximum absolute atomic E-state index is 14.7. The van der Waals surface area contributed by atoms with Crippen molar-refractivity contribution in [2.75, 3.05) is 5.32 Å². The first-order valence-corrected chi connectivity index (χ1v) is 11.6. The average Bonchev–Trinajstić information content (AvgIpc) is 3.11. The Morgan fingerprint density at radius 1 is 1.03 bits per heavy atom. The average molecular weight is 473 g/mol. The van der Waals surface area contributed by atoms with Crippen molar-refractivity contribution in [2.24, 2.45) is 5.92 Å². The predicted molar refractivity (Wildman–Crippen MR) is 122 cm³/mol. The van der Waals surface area contributed by atoms with Crippen LogP contribution < -0.4 is 5.32 Å². The van der Waals surface area contributed by atoms with Crippen LogP contribution in [-0.2, 0) is 0 Å². The molecular formula is C24H19ClF2N2O2S. The molecule has 0 aromatic heterocycles. The van der Waals surface area contributed by atoms with Crippen molar-refractivity contribution in [1.82, 2.24) is 0 Å². The van der Waals surface area contributed by atoms with Gasteiger partial charge in [-0.25, -0.2) is 8.78 Å². The number of nitrogens with zero attached hydrogens (tertiary/aromatic N) is 1. The van der Waals surface area contributed by atoms with Gasteiger partial charge in [0.2, 0.25) is 0 Å². The minimum absolute atomic E-state index is 0.0255. The Hall–Kier alpha value is -2.64. The highest BCUT2D eigenvalue weighted by Crippen LogP contribution is 2.58. The second-order valence-electron chi connectivity index (χ2n) is 8.13. The number of thioether (sulfide) groups is 1. The number of hydrogen-bond acceptors (Lipinski definition) is 4. The summed E-state index contributed by atoms with van der Waals surface area (Å²) in [4.78, 5) is 11.7. The Balaban J connectivity index is 1.54. The summed E-state index contributed by atoms with van der Waals surface area (Å²) in [5.74, 6) is -0.803. The van der Waals surface area contributed by atoms with Gasteiger partial charge in [0.15, 0.2) is 0 Å². The van der Waals surface area contributed by atoms with Gasteiger partial charge in [-0.05, 0) is 47.7 Å². The molecule has 2 aliphatic rings. The van der Waals surface area contributed by atoms with Crippen molar-refractivity contribution < 1.29 is 13.7 Å². The zero-order valence-electron chi connectivity index (χ0n) is 16.8. The van der Waals surface area contributed by atoms with Crippen molar-refractivity contribution in [1.29, 1.82) is 0 Å². The molecule has 32 heavy (non-hydrogen) atoms. The summed E-state index contributed by atoms with van der Waals surface area (Å²) in [5.41, 5.74) is 2.15. The van der Waals surface area contributed by atoms with Gasteiger partial charge < -0.3 is 5.32 Å². The molecule has 1 aliphatic carbocycles. The van der Waals surface area contributed by atoms with Crippen molar-refractivity contribution in [3.63, 3.8) is 0 Å². The Morgan fingerprint density at radius 3 is 2.53 bits per heavy atom. The normalized spacial score (nSPS) is 26.2. The van der Waals surface area contributed by atoms with Gasteiger partial charge in [-0.3, -0.25) is 10.1 Å². The van der Waals surface area contributed by atoms with Crippen LogP contribution in [0.15, 0.2) is 71.6 Å². The number of para-hydroxylation sites is 2. The lowest BCUT2D eigenvalue weighted by atomic mass is 9.77. The number of alkyl halides is 1. The Morgan fingerprint density at radius 2 is 1.78 bits per heavy atom. The van der Waals surface area contributed by atoms with Crippen molar-refractivity contribution in [2.45, 2.75) is 33.9 Å². The van der Waals surface area contributed by atoms with Crippen molar-refractivity contribution in [3.05, 3.63) is 99.6 Å². The highest BCUT2D eigenvalue weighted by molar-refractivity contribution is 8.00. The standard InChI is InChI=1S/C24H19ClF2N2O2S/c25-22-20(32-19-7-2-1-6-18(19)29(30)31)12-16-21(22)15-4-3-5-17(27)24(15)28-23(16)13-8-10-14(26)11-9-13/h1-11,16,20-23,28H,12H2/t16-,20-,21-,22+,23-/m0/s1. The van der Waals surface area contributed by atoms with Crippen LogP contribution in [-0.4, -0.2) is 15.6 Å². The van der Waals surface area contributed by atoms with E-state index in [0.29, 0.717) is 17.0 Å². The van der Waals surface area contributed by atoms with E-state index < -0.39 is 0 Å². The second-order valence-corrected chi connectivity index (χ2v) is 9.91. The fourth-order valence-corrected chi connectivity index (χ4v) is 6.92. The topological polar surface area (TPSA) is 55.2 Å². The largest absolute Gasteiger partial charge is 0.375 e. The van der Waals surface area contributed by atoms with E-state index in [2.05, 4.69) is 5.32 Å². The number of rotatable bonds is 4. The molecule has 0 saturated heterocycles. The number of nitro benzene ring substituents is 1. The van der Waals surface area contributed by atoms with E-state index in [1.165, 1.54) is 36.0 Å². The third kappa shape index (κ3) is 3.63. The Bertz CT molecular complexity index is 1180. The molecule has 4 nitrogen and oxygen atoms in total. The summed E-state index contributed by atoms with van der Waals surface area (Å²) in [6, 6.07) is 17.6. The number of anilines is 1. The zero-order chi connectivity index (χ0) is 22.4. The smallest absolute Gasteiger partial charge is 0.282 e. The summed E-state index contributed by atoms with van der Waals surface area (Å²) in [5, 5.41) is 14.3. The van der Waals surface area contributed by atoms with E-state index in [1.54, 1.807) is 36.4 Å². The van der Waals surface area contributed by atoms with Gasteiger partial charge in [0, 0.05) is 17.2 Å². The molecule has 1 heterocycles. The summed E-state index contributed by atoms with van der Waals surface area (Å²) in [7, 11) is 0. The van der Waals surface area contributed by atoms with Crippen LogP contribution in [0.2, 0.25) is 0 Å². The minimum atomic E-state index is -0.388. The molecule has 0 spiro atoms. The fourth-order valence-electron chi connectivity index (χ4n) is 4.98. The van der Waals surface area contributed by atoms with Gasteiger partial charge in [0.05, 0.1) is 26.9 Å². The van der Waals surface area contributed by atoms with Crippen LogP contribution in [0.4, 0.5) is 20.2 Å². The number of halogens is 3. The number of hydrogen-bond donors (Lipinski definition) is 1. The van der Waals surface area contributed by atoms with E-state index in [-0.39, 0.29) is 50.7 Å². The zero-order valence-corrected chi connectivity index (χ0v) is 18.3. The van der Waals surface area contributed by atoms with E-state index >= 15 is 0 Å². The first-order chi connectivity index (χ1) is 15.4. The molecule has 1 fully saturated rings. The van der Waals surface area contributed by atoms with Crippen LogP contribution in [0.25, 0.3) is 0 Å². The predicted octanol–water partition coefficient (Wildman–Crippen LogP) is 6.91. The number of nitro groups is 1. The SMILES string of the molecule is O=[N+]([O-])c1ccccc1S[C@H]1C[C@H]2[C@H](c3cccc(F)c3N[C@H]2c2ccc(F)cc2)[C@@H]1Cl. The van der Waals surface area contributed by atoms with E-state index in [4.69, 9.17) is 11.6 Å². The van der Waals surface area contributed by atoms with Crippen molar-refractivity contribution in [3.8, 4) is 0 Å². The molecule has 1 aliphatic heterocycles. The van der Waals surface area contributed by atoms with Crippen LogP contribution >= 0.6 is 23.4 Å². The lowest BCUT2D eigenvalue weighted by Crippen LogP contribution is -2.31. The van der Waals surface area contributed by atoms with Crippen LogP contribution in [0.5, 0.6) is 0 Å². The second kappa shape index (κ2) is 8.37. The lowest BCUT2D eigenvalue weighted by Gasteiger charge is -2.38. The molecule has 8 heteroatoms. The molecule has 0 radical (unpaired) electrons. The molecule has 5 atom stereocenters. The van der Waals surface area contributed by atoms with Crippen molar-refractivity contribution >= 4 is 34.7 Å². The summed E-state index contributed by atoms with van der Waals surface area (Å²) in [6.45, 7) is 0. The van der Waals surface area contributed by atoms with Gasteiger partial charge in [0.25, 0.3) is 5.69 Å². The minimum Gasteiger partial charge on any atom is -0.375 e. The molecule has 0 amide bonds. The Kier molecular flexibility index (Phi) is 5.55. The maximum Gasteiger partial charge on any atom is 0.282 e. The van der Waals surface area contributed by atoms with Gasteiger partial charge in [-0.15, -0.1) is 23.4 Å². The molecule has 164 valence electrons. The summed E-state index contributed by atoms with van der Waals surface area (Å²) >= 11 is 8.39.